The van der Waals surface area contributed by atoms with E-state index in [1.807, 2.05) is 13.8 Å². The van der Waals surface area contributed by atoms with E-state index in [1.165, 1.54) is 22.5 Å². The van der Waals surface area contributed by atoms with E-state index in [9.17, 15) is 12.8 Å². The quantitative estimate of drug-likeness (QED) is 0.841. The zero-order valence-electron chi connectivity index (χ0n) is 12.3. The standard InChI is InChI=1S/C14H23FN2O2S/c1-4-11(3)10-17(5-2)20(18,19)14-8-6-7-13(15)12(14)9-16/h6-8,11H,4-5,9-10,16H2,1-3H3. The Kier molecular flexibility index (Phi) is 6.10. The molecule has 0 amide bonds. The molecule has 0 heterocycles. The number of nitrogens with zero attached hydrogens (tertiary/aromatic N) is 1. The average Bonchev–Trinajstić information content (AvgIpc) is 2.43. The van der Waals surface area contributed by atoms with Crippen LogP contribution in [-0.4, -0.2) is 25.8 Å². The monoisotopic (exact) mass is 302 g/mol. The molecule has 0 saturated heterocycles. The lowest BCUT2D eigenvalue weighted by Gasteiger charge is -2.24. The van der Waals surface area contributed by atoms with Gasteiger partial charge in [0.05, 0.1) is 4.90 Å². The zero-order chi connectivity index (χ0) is 15.3. The fourth-order valence-corrected chi connectivity index (χ4v) is 3.80. The molecular weight excluding hydrogens is 279 g/mol. The van der Waals surface area contributed by atoms with Crippen LogP contribution in [0.3, 0.4) is 0 Å². The summed E-state index contributed by atoms with van der Waals surface area (Å²) in [6.07, 6.45) is 0.888. The van der Waals surface area contributed by atoms with Crippen molar-refractivity contribution in [1.82, 2.24) is 4.31 Å². The smallest absolute Gasteiger partial charge is 0.243 e. The molecule has 6 heteroatoms. The number of nitrogens with two attached hydrogens (primary N) is 1. The van der Waals surface area contributed by atoms with Gasteiger partial charge in [-0.1, -0.05) is 33.3 Å². The number of sulfonamides is 1. The van der Waals surface area contributed by atoms with Crippen molar-refractivity contribution in [2.24, 2.45) is 11.7 Å². The third kappa shape index (κ3) is 3.56. The molecule has 1 aromatic rings. The Bertz CT molecular complexity index is 546. The summed E-state index contributed by atoms with van der Waals surface area (Å²) in [6, 6.07) is 4.05. The molecule has 0 aliphatic rings. The van der Waals surface area contributed by atoms with Crippen molar-refractivity contribution in [2.75, 3.05) is 13.1 Å². The number of hydrogen-bond donors (Lipinski definition) is 1. The molecule has 1 unspecified atom stereocenters. The van der Waals surface area contributed by atoms with Crippen molar-refractivity contribution in [2.45, 2.75) is 38.6 Å². The molecule has 0 radical (unpaired) electrons. The highest BCUT2D eigenvalue weighted by atomic mass is 32.2. The highest BCUT2D eigenvalue weighted by Crippen LogP contribution is 2.23. The van der Waals surface area contributed by atoms with Crippen LogP contribution in [0.1, 0.15) is 32.8 Å². The summed E-state index contributed by atoms with van der Waals surface area (Å²) >= 11 is 0. The van der Waals surface area contributed by atoms with Gasteiger partial charge in [0.1, 0.15) is 5.82 Å². The highest BCUT2D eigenvalue weighted by molar-refractivity contribution is 7.89. The molecule has 0 bridgehead atoms. The first-order valence-electron chi connectivity index (χ1n) is 6.86. The van der Waals surface area contributed by atoms with Crippen molar-refractivity contribution in [3.63, 3.8) is 0 Å². The Morgan fingerprint density at radius 2 is 2.00 bits per heavy atom. The lowest BCUT2D eigenvalue weighted by atomic mass is 10.1. The second-order valence-corrected chi connectivity index (χ2v) is 6.80. The summed E-state index contributed by atoms with van der Waals surface area (Å²) < 4.78 is 40.4. The Morgan fingerprint density at radius 3 is 2.50 bits per heavy atom. The van der Waals surface area contributed by atoms with E-state index in [4.69, 9.17) is 5.73 Å². The van der Waals surface area contributed by atoms with Gasteiger partial charge in [0.2, 0.25) is 10.0 Å². The van der Waals surface area contributed by atoms with Crippen molar-refractivity contribution in [3.8, 4) is 0 Å². The van der Waals surface area contributed by atoms with Crippen LogP contribution in [0.5, 0.6) is 0 Å². The van der Waals surface area contributed by atoms with Crippen LogP contribution in [0, 0.1) is 11.7 Å². The van der Waals surface area contributed by atoms with Crippen LogP contribution in [0.25, 0.3) is 0 Å². The van der Waals surface area contributed by atoms with Crippen molar-refractivity contribution >= 4 is 10.0 Å². The SMILES string of the molecule is CCC(C)CN(CC)S(=O)(=O)c1cccc(F)c1CN. The van der Waals surface area contributed by atoms with E-state index in [-0.39, 0.29) is 22.9 Å². The van der Waals surface area contributed by atoms with Gasteiger partial charge in [-0.3, -0.25) is 0 Å². The van der Waals surface area contributed by atoms with E-state index in [1.54, 1.807) is 6.92 Å². The zero-order valence-corrected chi connectivity index (χ0v) is 13.1. The lowest BCUT2D eigenvalue weighted by Crippen LogP contribution is -2.35. The van der Waals surface area contributed by atoms with Crippen molar-refractivity contribution < 1.29 is 12.8 Å². The third-order valence-electron chi connectivity index (χ3n) is 3.46. The fourth-order valence-electron chi connectivity index (χ4n) is 1.99. The highest BCUT2D eigenvalue weighted by Gasteiger charge is 2.27. The van der Waals surface area contributed by atoms with Crippen LogP contribution in [0.4, 0.5) is 4.39 Å². The van der Waals surface area contributed by atoms with Gasteiger partial charge in [-0.05, 0) is 18.1 Å². The van der Waals surface area contributed by atoms with Crippen LogP contribution in [0.15, 0.2) is 23.1 Å². The molecule has 2 N–H and O–H groups in total. The van der Waals surface area contributed by atoms with Gasteiger partial charge in [-0.15, -0.1) is 0 Å². The second kappa shape index (κ2) is 7.15. The molecule has 1 rings (SSSR count). The lowest BCUT2D eigenvalue weighted by molar-refractivity contribution is 0.361. The molecule has 0 aliphatic heterocycles. The number of hydrogen-bond acceptors (Lipinski definition) is 3. The molecule has 1 aromatic carbocycles. The molecule has 0 aliphatic carbocycles. The summed E-state index contributed by atoms with van der Waals surface area (Å²) in [5.74, 6) is -0.326. The second-order valence-electron chi connectivity index (χ2n) is 4.89. The summed E-state index contributed by atoms with van der Waals surface area (Å²) in [5.41, 5.74) is 5.55. The van der Waals surface area contributed by atoms with Gasteiger partial charge in [-0.25, -0.2) is 12.8 Å². The summed E-state index contributed by atoms with van der Waals surface area (Å²) in [6.45, 7) is 6.43. The Morgan fingerprint density at radius 1 is 1.35 bits per heavy atom. The topological polar surface area (TPSA) is 63.4 Å². The van der Waals surface area contributed by atoms with Gasteiger partial charge in [-0.2, -0.15) is 4.31 Å². The first kappa shape index (κ1) is 17.1. The van der Waals surface area contributed by atoms with Gasteiger partial charge < -0.3 is 5.73 Å². The summed E-state index contributed by atoms with van der Waals surface area (Å²) in [5, 5.41) is 0. The summed E-state index contributed by atoms with van der Waals surface area (Å²) in [7, 11) is -3.71. The van der Waals surface area contributed by atoms with Crippen molar-refractivity contribution in [3.05, 3.63) is 29.6 Å². The summed E-state index contributed by atoms with van der Waals surface area (Å²) in [4.78, 5) is -0.0230. The van der Waals surface area contributed by atoms with Crippen LogP contribution >= 0.6 is 0 Å². The molecule has 1 atom stereocenters. The molecule has 0 spiro atoms. The minimum Gasteiger partial charge on any atom is -0.326 e. The largest absolute Gasteiger partial charge is 0.326 e. The minimum absolute atomic E-state index is 0.0230. The molecule has 0 saturated carbocycles. The van der Waals surface area contributed by atoms with Crippen molar-refractivity contribution in [1.29, 1.82) is 0 Å². The fraction of sp³-hybridized carbons (Fsp3) is 0.571. The molecular formula is C14H23FN2O2S. The van der Waals surface area contributed by atoms with Gasteiger partial charge in [0.15, 0.2) is 0 Å². The van der Waals surface area contributed by atoms with Gasteiger partial charge in [0, 0.05) is 25.2 Å². The number of rotatable bonds is 7. The number of benzene rings is 1. The van der Waals surface area contributed by atoms with E-state index in [0.717, 1.165) is 6.42 Å². The first-order valence-corrected chi connectivity index (χ1v) is 8.30. The van der Waals surface area contributed by atoms with E-state index >= 15 is 0 Å². The molecule has 0 aromatic heterocycles. The predicted octanol–water partition coefficient (Wildman–Crippen LogP) is 2.34. The Balaban J connectivity index is 3.24. The van der Waals surface area contributed by atoms with Crippen LogP contribution < -0.4 is 5.73 Å². The third-order valence-corrected chi connectivity index (χ3v) is 5.49. The molecule has 20 heavy (non-hydrogen) atoms. The first-order chi connectivity index (χ1) is 9.38. The minimum atomic E-state index is -3.71. The van der Waals surface area contributed by atoms with E-state index in [2.05, 4.69) is 0 Å². The number of halogens is 1. The van der Waals surface area contributed by atoms with Crippen LogP contribution in [0.2, 0.25) is 0 Å². The Hall–Kier alpha value is -0.980. The van der Waals surface area contributed by atoms with Crippen LogP contribution in [-0.2, 0) is 16.6 Å². The maximum atomic E-state index is 13.7. The molecule has 114 valence electrons. The normalized spacial score (nSPS) is 13.7. The predicted molar refractivity (Wildman–Crippen MR) is 78.2 cm³/mol. The van der Waals surface area contributed by atoms with Gasteiger partial charge >= 0.3 is 0 Å². The maximum absolute atomic E-state index is 13.7. The molecule has 0 fully saturated rings. The van der Waals surface area contributed by atoms with Gasteiger partial charge in [0.25, 0.3) is 0 Å². The van der Waals surface area contributed by atoms with E-state index in [0.29, 0.717) is 13.1 Å². The maximum Gasteiger partial charge on any atom is 0.243 e. The average molecular weight is 302 g/mol. The Labute approximate surface area is 120 Å². The van der Waals surface area contributed by atoms with E-state index < -0.39 is 15.8 Å². The molecule has 4 nitrogen and oxygen atoms in total.